The van der Waals surface area contributed by atoms with Crippen molar-refractivity contribution >= 4 is 11.3 Å². The van der Waals surface area contributed by atoms with Gasteiger partial charge >= 0.3 is 0 Å². The quantitative estimate of drug-likeness (QED) is 0.766. The van der Waals surface area contributed by atoms with E-state index in [0.717, 1.165) is 12.5 Å². The van der Waals surface area contributed by atoms with Gasteiger partial charge in [-0.05, 0) is 49.8 Å². The molecule has 1 fully saturated rings. The van der Waals surface area contributed by atoms with Gasteiger partial charge in [0.15, 0.2) is 0 Å². The molecule has 0 aromatic carbocycles. The zero-order valence-corrected chi connectivity index (χ0v) is 10.9. The summed E-state index contributed by atoms with van der Waals surface area (Å²) >= 11 is 1.88. The molecule has 0 aliphatic carbocycles. The summed E-state index contributed by atoms with van der Waals surface area (Å²) in [7, 11) is 0. The van der Waals surface area contributed by atoms with Crippen molar-refractivity contribution in [3.05, 3.63) is 22.4 Å². The largest absolute Gasteiger partial charge is 0.316 e. The van der Waals surface area contributed by atoms with E-state index in [0.29, 0.717) is 0 Å². The van der Waals surface area contributed by atoms with Gasteiger partial charge in [0.2, 0.25) is 0 Å². The van der Waals surface area contributed by atoms with Gasteiger partial charge in [-0.3, -0.25) is 4.90 Å². The number of nitrogens with zero attached hydrogens (tertiary/aromatic N) is 1. The number of thiophene rings is 1. The van der Waals surface area contributed by atoms with Crippen LogP contribution in [0.15, 0.2) is 17.5 Å². The third-order valence-electron chi connectivity index (χ3n) is 3.19. The Bertz CT molecular complexity index is 284. The molecule has 1 atom stereocenters. The summed E-state index contributed by atoms with van der Waals surface area (Å²) in [6.07, 6.45) is 2.60. The first-order valence-corrected chi connectivity index (χ1v) is 7.22. The lowest BCUT2D eigenvalue weighted by Gasteiger charge is -2.15. The minimum atomic E-state index is 0.867. The first kappa shape index (κ1) is 12.1. The molecule has 0 bridgehead atoms. The highest BCUT2D eigenvalue weighted by Gasteiger charge is 2.21. The lowest BCUT2D eigenvalue weighted by molar-refractivity contribution is 0.317. The van der Waals surface area contributed by atoms with Crippen molar-refractivity contribution in [2.75, 3.05) is 26.2 Å². The summed E-state index contributed by atoms with van der Waals surface area (Å²) in [4.78, 5) is 4.09. The van der Waals surface area contributed by atoms with Crippen LogP contribution in [0.1, 0.15) is 24.6 Å². The van der Waals surface area contributed by atoms with Crippen LogP contribution in [-0.2, 0) is 6.54 Å². The van der Waals surface area contributed by atoms with Gasteiger partial charge in [0.1, 0.15) is 0 Å². The molecule has 16 heavy (non-hydrogen) atoms. The number of hydrogen-bond acceptors (Lipinski definition) is 3. The van der Waals surface area contributed by atoms with E-state index in [1.807, 2.05) is 11.3 Å². The molecule has 1 aliphatic heterocycles. The predicted octanol–water partition coefficient (Wildman–Crippen LogP) is 2.57. The molecule has 2 heterocycles. The van der Waals surface area contributed by atoms with Gasteiger partial charge in [0.25, 0.3) is 0 Å². The summed E-state index contributed by atoms with van der Waals surface area (Å²) < 4.78 is 0. The summed E-state index contributed by atoms with van der Waals surface area (Å²) in [5.74, 6) is 0.867. The first-order valence-electron chi connectivity index (χ1n) is 6.34. The average molecular weight is 238 g/mol. The van der Waals surface area contributed by atoms with Gasteiger partial charge in [0, 0.05) is 18.0 Å². The zero-order chi connectivity index (χ0) is 11.2. The van der Waals surface area contributed by atoms with E-state index in [4.69, 9.17) is 0 Å². The molecule has 1 unspecified atom stereocenters. The van der Waals surface area contributed by atoms with Crippen LogP contribution in [0.3, 0.4) is 0 Å². The number of hydrogen-bond donors (Lipinski definition) is 1. The van der Waals surface area contributed by atoms with Crippen molar-refractivity contribution in [1.82, 2.24) is 10.2 Å². The molecule has 2 rings (SSSR count). The Balaban J connectivity index is 1.67. The standard InChI is InChI=1S/C13H22N2S/c1-2-6-14-9-12-5-7-15(10-12)11-13-4-3-8-16-13/h3-4,8,12,14H,2,5-7,9-11H2,1H3. The molecule has 1 saturated heterocycles. The Kier molecular flexibility index (Phi) is 4.82. The number of likely N-dealkylation sites (tertiary alicyclic amines) is 1. The van der Waals surface area contributed by atoms with Crippen molar-refractivity contribution in [1.29, 1.82) is 0 Å². The molecule has 0 radical (unpaired) electrons. The van der Waals surface area contributed by atoms with E-state index < -0.39 is 0 Å². The molecule has 0 spiro atoms. The van der Waals surface area contributed by atoms with Crippen molar-refractivity contribution < 1.29 is 0 Å². The van der Waals surface area contributed by atoms with E-state index in [9.17, 15) is 0 Å². The Hall–Kier alpha value is -0.380. The van der Waals surface area contributed by atoms with Crippen molar-refractivity contribution in [2.24, 2.45) is 5.92 Å². The smallest absolute Gasteiger partial charge is 0.0328 e. The first-order chi connectivity index (χ1) is 7.88. The highest BCUT2D eigenvalue weighted by molar-refractivity contribution is 7.09. The Morgan fingerprint density at radius 2 is 2.50 bits per heavy atom. The van der Waals surface area contributed by atoms with E-state index in [2.05, 4.69) is 34.7 Å². The molecule has 0 saturated carbocycles. The van der Waals surface area contributed by atoms with Crippen molar-refractivity contribution in [3.63, 3.8) is 0 Å². The van der Waals surface area contributed by atoms with Crippen molar-refractivity contribution in [3.8, 4) is 0 Å². The minimum absolute atomic E-state index is 0.867. The Morgan fingerprint density at radius 1 is 1.56 bits per heavy atom. The third kappa shape index (κ3) is 3.58. The normalized spacial score (nSPS) is 21.7. The maximum absolute atomic E-state index is 3.53. The highest BCUT2D eigenvalue weighted by Crippen LogP contribution is 2.19. The Morgan fingerprint density at radius 3 is 3.25 bits per heavy atom. The average Bonchev–Trinajstić information content (AvgIpc) is 2.91. The number of nitrogens with one attached hydrogen (secondary N) is 1. The second-order valence-electron chi connectivity index (χ2n) is 4.67. The maximum Gasteiger partial charge on any atom is 0.0328 e. The molecule has 3 heteroatoms. The maximum atomic E-state index is 3.53. The van der Waals surface area contributed by atoms with Gasteiger partial charge in [0.05, 0.1) is 0 Å². The molecular formula is C13H22N2S. The topological polar surface area (TPSA) is 15.3 Å². The van der Waals surface area contributed by atoms with E-state index in [1.54, 1.807) is 0 Å². The van der Waals surface area contributed by atoms with Crippen LogP contribution in [0, 0.1) is 5.92 Å². The summed E-state index contributed by atoms with van der Waals surface area (Å²) in [5, 5.41) is 5.70. The second-order valence-corrected chi connectivity index (χ2v) is 5.71. The van der Waals surface area contributed by atoms with Crippen LogP contribution in [0.25, 0.3) is 0 Å². The van der Waals surface area contributed by atoms with Gasteiger partial charge in [-0.25, -0.2) is 0 Å². The highest BCUT2D eigenvalue weighted by atomic mass is 32.1. The number of rotatable bonds is 6. The summed E-state index contributed by atoms with van der Waals surface area (Å²) in [5.41, 5.74) is 0. The molecule has 1 aliphatic rings. The molecule has 1 N–H and O–H groups in total. The summed E-state index contributed by atoms with van der Waals surface area (Å²) in [6, 6.07) is 4.39. The molecule has 1 aromatic rings. The fraction of sp³-hybridized carbons (Fsp3) is 0.692. The third-order valence-corrected chi connectivity index (χ3v) is 4.05. The van der Waals surface area contributed by atoms with Crippen LogP contribution in [0.2, 0.25) is 0 Å². The second kappa shape index (κ2) is 6.38. The molecule has 1 aromatic heterocycles. The van der Waals surface area contributed by atoms with Crippen LogP contribution < -0.4 is 5.32 Å². The fourth-order valence-corrected chi connectivity index (χ4v) is 3.08. The monoisotopic (exact) mass is 238 g/mol. The molecule has 90 valence electrons. The van der Waals surface area contributed by atoms with Crippen LogP contribution in [0.5, 0.6) is 0 Å². The van der Waals surface area contributed by atoms with E-state index in [-0.39, 0.29) is 0 Å². The van der Waals surface area contributed by atoms with Gasteiger partial charge in [-0.2, -0.15) is 0 Å². The van der Waals surface area contributed by atoms with Gasteiger partial charge in [-0.1, -0.05) is 13.0 Å². The molecule has 0 amide bonds. The van der Waals surface area contributed by atoms with Crippen LogP contribution in [0.4, 0.5) is 0 Å². The molecular weight excluding hydrogens is 216 g/mol. The fourth-order valence-electron chi connectivity index (χ4n) is 2.33. The summed E-state index contributed by atoms with van der Waals surface area (Å²) in [6.45, 7) is 8.30. The van der Waals surface area contributed by atoms with E-state index in [1.165, 1.54) is 43.9 Å². The van der Waals surface area contributed by atoms with Gasteiger partial charge in [-0.15, -0.1) is 11.3 Å². The SMILES string of the molecule is CCCNCC1CCN(Cc2cccs2)C1. The van der Waals surface area contributed by atoms with E-state index >= 15 is 0 Å². The predicted molar refractivity (Wildman–Crippen MR) is 70.9 cm³/mol. The Labute approximate surface area is 103 Å². The lowest BCUT2D eigenvalue weighted by atomic mass is 10.1. The van der Waals surface area contributed by atoms with Crippen molar-refractivity contribution in [2.45, 2.75) is 26.3 Å². The van der Waals surface area contributed by atoms with Gasteiger partial charge < -0.3 is 5.32 Å². The minimum Gasteiger partial charge on any atom is -0.316 e. The lowest BCUT2D eigenvalue weighted by Crippen LogP contribution is -2.26. The molecule has 2 nitrogen and oxygen atoms in total. The zero-order valence-electron chi connectivity index (χ0n) is 10.1. The van der Waals surface area contributed by atoms with Crippen LogP contribution in [-0.4, -0.2) is 31.1 Å². The van der Waals surface area contributed by atoms with Crippen LogP contribution >= 0.6 is 11.3 Å².